The van der Waals surface area contributed by atoms with Gasteiger partial charge in [-0.15, -0.1) is 0 Å². The Balaban J connectivity index is 1.65. The molecule has 0 radical (unpaired) electrons. The Labute approximate surface area is 207 Å². The summed E-state index contributed by atoms with van der Waals surface area (Å²) in [6.07, 6.45) is 3.59. The highest BCUT2D eigenvalue weighted by Gasteiger charge is 2.42. The number of ether oxygens (including phenoxy) is 1. The molecule has 1 N–H and O–H groups in total. The van der Waals surface area contributed by atoms with Gasteiger partial charge in [-0.2, -0.15) is 0 Å². The summed E-state index contributed by atoms with van der Waals surface area (Å²) in [5, 5.41) is 3.66. The second kappa shape index (κ2) is 10.6. The molecule has 35 heavy (non-hydrogen) atoms. The van der Waals surface area contributed by atoms with Crippen molar-refractivity contribution in [1.29, 1.82) is 0 Å². The number of amides is 1. The molecular formula is C30H32N2O3. The van der Waals surface area contributed by atoms with Gasteiger partial charge in [0.25, 0.3) is 0 Å². The zero-order valence-electron chi connectivity index (χ0n) is 20.4. The molecule has 0 fully saturated rings. The van der Waals surface area contributed by atoms with E-state index >= 15 is 0 Å². The van der Waals surface area contributed by atoms with Crippen molar-refractivity contribution >= 4 is 17.6 Å². The van der Waals surface area contributed by atoms with Gasteiger partial charge in [-0.05, 0) is 35.2 Å². The van der Waals surface area contributed by atoms with E-state index in [0.717, 1.165) is 11.3 Å². The summed E-state index contributed by atoms with van der Waals surface area (Å²) >= 11 is 0. The first-order valence-corrected chi connectivity index (χ1v) is 11.9. The van der Waals surface area contributed by atoms with Gasteiger partial charge in [-0.3, -0.25) is 4.79 Å². The third kappa shape index (κ3) is 5.80. The first-order chi connectivity index (χ1) is 16.8. The van der Waals surface area contributed by atoms with Gasteiger partial charge < -0.3 is 15.0 Å². The second-order valence-corrected chi connectivity index (χ2v) is 9.84. The van der Waals surface area contributed by atoms with Gasteiger partial charge in [-0.1, -0.05) is 93.6 Å². The Kier molecular flexibility index (Phi) is 7.35. The van der Waals surface area contributed by atoms with Gasteiger partial charge in [0.2, 0.25) is 5.91 Å². The van der Waals surface area contributed by atoms with Crippen LogP contribution in [0, 0.1) is 5.41 Å². The lowest BCUT2D eigenvalue weighted by Crippen LogP contribution is -2.53. The molecule has 0 aliphatic carbocycles. The molecule has 0 aromatic heterocycles. The average Bonchev–Trinajstić information content (AvgIpc) is 3.24. The van der Waals surface area contributed by atoms with E-state index in [1.165, 1.54) is 0 Å². The molecule has 0 saturated heterocycles. The third-order valence-corrected chi connectivity index (χ3v) is 6.28. The van der Waals surface area contributed by atoms with Crippen LogP contribution < -0.4 is 5.32 Å². The summed E-state index contributed by atoms with van der Waals surface area (Å²) in [5.41, 5.74) is 2.23. The van der Waals surface area contributed by atoms with E-state index in [1.54, 1.807) is 30.3 Å². The summed E-state index contributed by atoms with van der Waals surface area (Å²) < 4.78 is 5.76. The SMILES string of the molecule is CC(C)(C)[C@H](Nc1ccccc1)[C@@H]1C=CC(=O)N1[C@@H](COC(=O)c1ccccc1)c1ccccc1. The third-order valence-electron chi connectivity index (χ3n) is 6.28. The van der Waals surface area contributed by atoms with Gasteiger partial charge in [0.1, 0.15) is 6.61 Å². The van der Waals surface area contributed by atoms with Crippen molar-refractivity contribution in [2.75, 3.05) is 11.9 Å². The molecule has 0 unspecified atom stereocenters. The molecule has 0 saturated carbocycles. The number of rotatable bonds is 8. The first kappa shape index (κ1) is 24.3. The zero-order chi connectivity index (χ0) is 24.8. The van der Waals surface area contributed by atoms with E-state index in [1.807, 2.05) is 77.7 Å². The van der Waals surface area contributed by atoms with Gasteiger partial charge in [0, 0.05) is 11.8 Å². The van der Waals surface area contributed by atoms with E-state index in [0.29, 0.717) is 5.56 Å². The van der Waals surface area contributed by atoms with Crippen molar-refractivity contribution < 1.29 is 14.3 Å². The van der Waals surface area contributed by atoms with E-state index in [-0.39, 0.29) is 30.0 Å². The number of carbonyl (C=O) groups excluding carboxylic acids is 2. The van der Waals surface area contributed by atoms with E-state index in [4.69, 9.17) is 4.74 Å². The minimum absolute atomic E-state index is 0.0594. The van der Waals surface area contributed by atoms with Crippen LogP contribution in [0.25, 0.3) is 0 Å². The molecule has 3 atom stereocenters. The zero-order valence-corrected chi connectivity index (χ0v) is 20.4. The molecule has 3 aromatic rings. The van der Waals surface area contributed by atoms with Crippen molar-refractivity contribution in [3.8, 4) is 0 Å². The maximum absolute atomic E-state index is 13.3. The van der Waals surface area contributed by atoms with Gasteiger partial charge >= 0.3 is 5.97 Å². The fraction of sp³-hybridized carbons (Fsp3) is 0.267. The number of benzene rings is 3. The predicted molar refractivity (Wildman–Crippen MR) is 139 cm³/mol. The van der Waals surface area contributed by atoms with Crippen molar-refractivity contribution in [2.45, 2.75) is 38.9 Å². The Hall–Kier alpha value is -3.86. The summed E-state index contributed by atoms with van der Waals surface area (Å²) in [5.74, 6) is -0.499. The van der Waals surface area contributed by atoms with Crippen LogP contribution in [0.5, 0.6) is 0 Å². The van der Waals surface area contributed by atoms with Crippen LogP contribution in [0.4, 0.5) is 5.69 Å². The number of carbonyl (C=O) groups is 2. The summed E-state index contributed by atoms with van der Waals surface area (Å²) in [6, 6.07) is 28.0. The minimum Gasteiger partial charge on any atom is -0.460 e. The van der Waals surface area contributed by atoms with E-state index in [9.17, 15) is 9.59 Å². The number of esters is 1. The molecule has 0 spiro atoms. The maximum Gasteiger partial charge on any atom is 0.338 e. The Morgan fingerprint density at radius 3 is 2.09 bits per heavy atom. The van der Waals surface area contributed by atoms with Crippen LogP contribution in [0.15, 0.2) is 103 Å². The van der Waals surface area contributed by atoms with E-state index in [2.05, 4.69) is 26.1 Å². The van der Waals surface area contributed by atoms with Crippen LogP contribution in [-0.4, -0.2) is 35.5 Å². The first-order valence-electron chi connectivity index (χ1n) is 11.9. The summed E-state index contributed by atoms with van der Waals surface area (Å²) in [7, 11) is 0. The predicted octanol–water partition coefficient (Wildman–Crippen LogP) is 5.88. The highest BCUT2D eigenvalue weighted by atomic mass is 16.5. The van der Waals surface area contributed by atoms with Crippen LogP contribution in [0.3, 0.4) is 0 Å². The largest absolute Gasteiger partial charge is 0.460 e. The fourth-order valence-electron chi connectivity index (χ4n) is 4.49. The molecule has 180 valence electrons. The molecule has 1 heterocycles. The van der Waals surface area contributed by atoms with E-state index < -0.39 is 12.0 Å². The van der Waals surface area contributed by atoms with Crippen molar-refractivity contribution in [2.24, 2.45) is 5.41 Å². The standard InChI is InChI=1S/C30H32N2O3/c1-30(2,3)28(31-24-17-11-6-12-18-24)25-19-20-27(33)32(25)26(22-13-7-4-8-14-22)21-35-29(34)23-15-9-5-10-16-23/h4-20,25-26,28,31H,21H2,1-3H3/t25-,26-,28+/m0/s1. The van der Waals surface area contributed by atoms with Crippen LogP contribution >= 0.6 is 0 Å². The monoisotopic (exact) mass is 468 g/mol. The van der Waals surface area contributed by atoms with Crippen molar-refractivity contribution in [3.05, 3.63) is 114 Å². The molecule has 0 bridgehead atoms. The normalized spacial score (nSPS) is 17.2. The molecule has 4 rings (SSSR count). The average molecular weight is 469 g/mol. The molecular weight excluding hydrogens is 436 g/mol. The lowest BCUT2D eigenvalue weighted by atomic mass is 9.81. The number of para-hydroxylation sites is 1. The van der Waals surface area contributed by atoms with Crippen LogP contribution in [0.1, 0.15) is 42.7 Å². The summed E-state index contributed by atoms with van der Waals surface area (Å²) in [6.45, 7) is 6.55. The number of anilines is 1. The Morgan fingerprint density at radius 2 is 1.49 bits per heavy atom. The second-order valence-electron chi connectivity index (χ2n) is 9.84. The number of nitrogens with one attached hydrogen (secondary N) is 1. The lowest BCUT2D eigenvalue weighted by molar-refractivity contribution is -0.130. The van der Waals surface area contributed by atoms with Gasteiger partial charge in [0.15, 0.2) is 0 Å². The number of hydrogen-bond donors (Lipinski definition) is 1. The number of hydrogen-bond acceptors (Lipinski definition) is 4. The highest BCUT2D eigenvalue weighted by Crippen LogP contribution is 2.36. The van der Waals surface area contributed by atoms with Crippen molar-refractivity contribution in [1.82, 2.24) is 4.90 Å². The van der Waals surface area contributed by atoms with Crippen LogP contribution in [0.2, 0.25) is 0 Å². The maximum atomic E-state index is 13.3. The number of nitrogens with zero attached hydrogens (tertiary/aromatic N) is 1. The molecule has 3 aromatic carbocycles. The Bertz CT molecular complexity index is 1150. The lowest BCUT2D eigenvalue weighted by Gasteiger charge is -2.43. The van der Waals surface area contributed by atoms with Gasteiger partial charge in [-0.25, -0.2) is 4.79 Å². The smallest absolute Gasteiger partial charge is 0.338 e. The Morgan fingerprint density at radius 1 is 0.914 bits per heavy atom. The quantitative estimate of drug-likeness (QED) is 0.420. The minimum atomic E-state index is -0.432. The fourth-order valence-corrected chi connectivity index (χ4v) is 4.49. The molecule has 5 nitrogen and oxygen atoms in total. The van der Waals surface area contributed by atoms with Gasteiger partial charge in [0.05, 0.1) is 23.7 Å². The molecule has 5 heteroatoms. The molecule has 1 aliphatic heterocycles. The highest BCUT2D eigenvalue weighted by molar-refractivity contribution is 5.91. The van der Waals surface area contributed by atoms with Crippen molar-refractivity contribution in [3.63, 3.8) is 0 Å². The summed E-state index contributed by atoms with van der Waals surface area (Å²) in [4.78, 5) is 27.9. The topological polar surface area (TPSA) is 58.6 Å². The molecule has 1 aliphatic rings. The van der Waals surface area contributed by atoms with Crippen LogP contribution in [-0.2, 0) is 9.53 Å². The molecule has 1 amide bonds.